The SMILES string of the molecule is CC(Oc1ccccc1[N+](=O)[O-])C(=O)NN=Cc1cccc(OCc2ccc(Cl)cc2)c1. The summed E-state index contributed by atoms with van der Waals surface area (Å²) in [5, 5.41) is 15.6. The summed E-state index contributed by atoms with van der Waals surface area (Å²) in [4.78, 5) is 22.7. The van der Waals surface area contributed by atoms with Crippen LogP contribution in [-0.4, -0.2) is 23.1 Å². The van der Waals surface area contributed by atoms with E-state index < -0.39 is 16.9 Å². The lowest BCUT2D eigenvalue weighted by Gasteiger charge is -2.12. The minimum absolute atomic E-state index is 0.00895. The lowest BCUT2D eigenvalue weighted by atomic mass is 10.2. The van der Waals surface area contributed by atoms with Gasteiger partial charge in [-0.05, 0) is 48.4 Å². The molecule has 0 aromatic heterocycles. The molecule has 8 nitrogen and oxygen atoms in total. The highest BCUT2D eigenvalue weighted by molar-refractivity contribution is 6.30. The number of rotatable bonds is 9. The quantitative estimate of drug-likeness (QED) is 0.286. The summed E-state index contributed by atoms with van der Waals surface area (Å²) >= 11 is 5.88. The molecule has 164 valence electrons. The number of hydrogen-bond acceptors (Lipinski definition) is 6. The van der Waals surface area contributed by atoms with Crippen LogP contribution >= 0.6 is 11.6 Å². The van der Waals surface area contributed by atoms with E-state index in [2.05, 4.69) is 10.5 Å². The molecule has 32 heavy (non-hydrogen) atoms. The van der Waals surface area contributed by atoms with E-state index in [1.165, 1.54) is 31.3 Å². The smallest absolute Gasteiger partial charge is 0.310 e. The number of amides is 1. The lowest BCUT2D eigenvalue weighted by Crippen LogP contribution is -2.33. The Labute approximate surface area is 189 Å². The van der Waals surface area contributed by atoms with Crippen LogP contribution in [-0.2, 0) is 11.4 Å². The number of para-hydroxylation sites is 2. The maximum Gasteiger partial charge on any atom is 0.310 e. The van der Waals surface area contributed by atoms with Crippen molar-refractivity contribution in [1.82, 2.24) is 5.43 Å². The number of carbonyl (C=O) groups excluding carboxylic acids is 1. The zero-order valence-corrected chi connectivity index (χ0v) is 17.9. The molecule has 0 aliphatic rings. The van der Waals surface area contributed by atoms with Gasteiger partial charge in [0.1, 0.15) is 12.4 Å². The Kier molecular flexibility index (Phi) is 7.77. The molecule has 0 spiro atoms. The van der Waals surface area contributed by atoms with Crippen LogP contribution in [0.2, 0.25) is 5.02 Å². The topological polar surface area (TPSA) is 103 Å². The normalized spacial score (nSPS) is 11.7. The van der Waals surface area contributed by atoms with Gasteiger partial charge in [0.25, 0.3) is 5.91 Å². The number of hydrazone groups is 1. The molecule has 9 heteroatoms. The first-order valence-electron chi connectivity index (χ1n) is 9.62. The van der Waals surface area contributed by atoms with E-state index in [-0.39, 0.29) is 11.4 Å². The van der Waals surface area contributed by atoms with E-state index in [0.29, 0.717) is 22.9 Å². The van der Waals surface area contributed by atoms with Crippen LogP contribution in [0.4, 0.5) is 5.69 Å². The third kappa shape index (κ3) is 6.55. The largest absolute Gasteiger partial charge is 0.489 e. The Hall–Kier alpha value is -3.91. The summed E-state index contributed by atoms with van der Waals surface area (Å²) in [6.07, 6.45) is 0.479. The summed E-state index contributed by atoms with van der Waals surface area (Å²) in [6.45, 7) is 1.86. The highest BCUT2D eigenvalue weighted by Gasteiger charge is 2.20. The van der Waals surface area contributed by atoms with Gasteiger partial charge in [-0.15, -0.1) is 0 Å². The maximum atomic E-state index is 12.2. The first-order chi connectivity index (χ1) is 15.4. The molecule has 3 rings (SSSR count). The van der Waals surface area contributed by atoms with Crippen LogP contribution in [0.25, 0.3) is 0 Å². The molecular formula is C23H20ClN3O5. The fourth-order valence-corrected chi connectivity index (χ4v) is 2.77. The summed E-state index contributed by atoms with van der Waals surface area (Å²) in [5.41, 5.74) is 3.84. The van der Waals surface area contributed by atoms with Crippen LogP contribution in [0.3, 0.4) is 0 Å². The second-order valence-electron chi connectivity index (χ2n) is 6.71. The van der Waals surface area contributed by atoms with E-state index in [1.807, 2.05) is 18.2 Å². The van der Waals surface area contributed by atoms with Crippen LogP contribution in [0.15, 0.2) is 77.9 Å². The molecule has 1 unspecified atom stereocenters. The minimum Gasteiger partial charge on any atom is -0.489 e. The Balaban J connectivity index is 1.54. The van der Waals surface area contributed by atoms with Gasteiger partial charge in [-0.1, -0.05) is 48.0 Å². The number of nitro groups is 1. The first kappa shape index (κ1) is 22.8. The third-order valence-electron chi connectivity index (χ3n) is 4.30. The van der Waals surface area contributed by atoms with Crippen molar-refractivity contribution in [2.24, 2.45) is 5.10 Å². The van der Waals surface area contributed by atoms with E-state index in [9.17, 15) is 14.9 Å². The molecule has 3 aromatic carbocycles. The second-order valence-corrected chi connectivity index (χ2v) is 7.14. The predicted molar refractivity (Wildman–Crippen MR) is 121 cm³/mol. The zero-order chi connectivity index (χ0) is 22.9. The van der Waals surface area contributed by atoms with Crippen LogP contribution in [0.1, 0.15) is 18.1 Å². The van der Waals surface area contributed by atoms with Gasteiger partial charge in [0.2, 0.25) is 0 Å². The molecule has 1 atom stereocenters. The fourth-order valence-electron chi connectivity index (χ4n) is 2.64. The summed E-state index contributed by atoms with van der Waals surface area (Å²) in [6, 6.07) is 20.4. The van der Waals surface area contributed by atoms with Crippen molar-refractivity contribution in [3.05, 3.63) is 99.1 Å². The number of nitrogens with zero attached hydrogens (tertiary/aromatic N) is 2. The zero-order valence-electron chi connectivity index (χ0n) is 17.1. The Bertz CT molecular complexity index is 1120. The molecule has 0 aliphatic carbocycles. The van der Waals surface area contributed by atoms with Gasteiger partial charge in [-0.25, -0.2) is 5.43 Å². The van der Waals surface area contributed by atoms with E-state index in [0.717, 1.165) is 5.56 Å². The van der Waals surface area contributed by atoms with Crippen molar-refractivity contribution in [3.63, 3.8) is 0 Å². The van der Waals surface area contributed by atoms with E-state index in [4.69, 9.17) is 21.1 Å². The van der Waals surface area contributed by atoms with Gasteiger partial charge in [-0.3, -0.25) is 14.9 Å². The molecule has 0 saturated heterocycles. The molecule has 0 bridgehead atoms. The van der Waals surface area contributed by atoms with Crippen LogP contribution < -0.4 is 14.9 Å². The van der Waals surface area contributed by atoms with Crippen molar-refractivity contribution >= 4 is 29.4 Å². The van der Waals surface area contributed by atoms with Crippen molar-refractivity contribution in [1.29, 1.82) is 0 Å². The lowest BCUT2D eigenvalue weighted by molar-refractivity contribution is -0.386. The Morgan fingerprint density at radius 3 is 2.66 bits per heavy atom. The Morgan fingerprint density at radius 1 is 1.16 bits per heavy atom. The monoisotopic (exact) mass is 453 g/mol. The summed E-state index contributed by atoms with van der Waals surface area (Å²) in [7, 11) is 0. The molecule has 0 aliphatic heterocycles. The number of nitrogens with one attached hydrogen (secondary N) is 1. The first-order valence-corrected chi connectivity index (χ1v) is 10.0. The maximum absolute atomic E-state index is 12.2. The van der Waals surface area contributed by atoms with Gasteiger partial charge in [0.05, 0.1) is 11.1 Å². The number of halogens is 1. The third-order valence-corrected chi connectivity index (χ3v) is 4.55. The summed E-state index contributed by atoms with van der Waals surface area (Å²) in [5.74, 6) is 0.104. The van der Waals surface area contributed by atoms with Crippen molar-refractivity contribution < 1.29 is 19.2 Å². The highest BCUT2D eigenvalue weighted by atomic mass is 35.5. The summed E-state index contributed by atoms with van der Waals surface area (Å²) < 4.78 is 11.2. The number of benzene rings is 3. The van der Waals surface area contributed by atoms with Gasteiger partial charge in [0.15, 0.2) is 11.9 Å². The molecule has 0 radical (unpaired) electrons. The van der Waals surface area contributed by atoms with Crippen molar-refractivity contribution in [2.75, 3.05) is 0 Å². The van der Waals surface area contributed by atoms with Crippen LogP contribution in [0.5, 0.6) is 11.5 Å². The van der Waals surface area contributed by atoms with E-state index in [1.54, 1.807) is 36.4 Å². The molecule has 0 fully saturated rings. The molecule has 1 N–H and O–H groups in total. The average molecular weight is 454 g/mol. The minimum atomic E-state index is -0.984. The molecule has 0 heterocycles. The molecular weight excluding hydrogens is 434 g/mol. The average Bonchev–Trinajstić information content (AvgIpc) is 2.79. The number of ether oxygens (including phenoxy) is 2. The number of nitro benzene ring substituents is 1. The standard InChI is InChI=1S/C23H20ClN3O5/c1-16(32-22-8-3-2-7-21(22)27(29)30)23(28)26-25-14-18-5-4-6-20(13-18)31-15-17-9-11-19(24)12-10-17/h2-14,16H,15H2,1H3,(H,26,28). The van der Waals surface area contributed by atoms with Crippen molar-refractivity contribution in [2.45, 2.75) is 19.6 Å². The highest BCUT2D eigenvalue weighted by Crippen LogP contribution is 2.26. The van der Waals surface area contributed by atoms with Gasteiger partial charge < -0.3 is 9.47 Å². The Morgan fingerprint density at radius 2 is 1.91 bits per heavy atom. The fraction of sp³-hybridized carbons (Fsp3) is 0.130. The molecule has 0 saturated carbocycles. The van der Waals surface area contributed by atoms with E-state index >= 15 is 0 Å². The second kappa shape index (κ2) is 10.9. The van der Waals surface area contributed by atoms with Crippen LogP contribution in [0, 0.1) is 10.1 Å². The molecule has 3 aromatic rings. The van der Waals surface area contributed by atoms with Gasteiger partial charge in [0, 0.05) is 11.1 Å². The van der Waals surface area contributed by atoms with Crippen molar-refractivity contribution in [3.8, 4) is 11.5 Å². The van der Waals surface area contributed by atoms with Gasteiger partial charge in [-0.2, -0.15) is 5.10 Å². The van der Waals surface area contributed by atoms with Gasteiger partial charge >= 0.3 is 5.69 Å². The predicted octanol–water partition coefficient (Wildman–Crippen LogP) is 4.74. The number of carbonyl (C=O) groups is 1. The molecule has 1 amide bonds. The number of hydrogen-bond donors (Lipinski definition) is 1.